The van der Waals surface area contributed by atoms with Crippen molar-refractivity contribution in [2.75, 3.05) is 0 Å². The number of amides is 1. The molecule has 2 saturated heterocycles. The first-order valence-corrected chi connectivity index (χ1v) is 7.66. The summed E-state index contributed by atoms with van der Waals surface area (Å²) < 4.78 is 2.95. The minimum Gasteiger partial charge on any atom is -0.366 e. The molecule has 3 atom stereocenters. The second-order valence-corrected chi connectivity index (χ2v) is 6.44. The van der Waals surface area contributed by atoms with Crippen LogP contribution in [-0.4, -0.2) is 27.4 Å². The SMILES string of the molecule is NC(=O)c1ccn2c(C3CC4CCC3N4)c(Br)nc2c1. The van der Waals surface area contributed by atoms with Gasteiger partial charge in [-0.1, -0.05) is 0 Å². The number of halogens is 1. The molecule has 0 aromatic carbocycles. The standard InChI is InChI=1S/C14H15BrN4O/c15-13-12(9-6-8-1-2-10(9)17-8)19-4-3-7(14(16)20)5-11(19)18-13/h3-5,8-10,17H,1-2,6H2,(H2,16,20). The van der Waals surface area contributed by atoms with Gasteiger partial charge < -0.3 is 15.5 Å². The normalized spacial score (nSPS) is 28.4. The molecular formula is C14H15BrN4O. The molecule has 20 heavy (non-hydrogen) atoms. The van der Waals surface area contributed by atoms with Crippen LogP contribution >= 0.6 is 15.9 Å². The van der Waals surface area contributed by atoms with E-state index in [9.17, 15) is 4.79 Å². The topological polar surface area (TPSA) is 72.4 Å². The second kappa shape index (κ2) is 4.30. The number of nitrogens with one attached hydrogen (secondary N) is 1. The third-order valence-electron chi connectivity index (χ3n) is 4.55. The molecule has 4 heterocycles. The first kappa shape index (κ1) is 12.3. The third kappa shape index (κ3) is 1.71. The number of imidazole rings is 1. The highest BCUT2D eigenvalue weighted by Crippen LogP contribution is 2.42. The van der Waals surface area contributed by atoms with Gasteiger partial charge in [-0.25, -0.2) is 4.98 Å². The predicted molar refractivity (Wildman–Crippen MR) is 78.7 cm³/mol. The Bertz CT molecular complexity index is 711. The van der Waals surface area contributed by atoms with E-state index in [1.165, 1.54) is 18.5 Å². The van der Waals surface area contributed by atoms with E-state index in [1.807, 2.05) is 6.20 Å². The smallest absolute Gasteiger partial charge is 0.248 e. The second-order valence-electron chi connectivity index (χ2n) is 5.69. The van der Waals surface area contributed by atoms with Gasteiger partial charge in [0.1, 0.15) is 10.3 Å². The number of rotatable bonds is 2. The van der Waals surface area contributed by atoms with Crippen LogP contribution in [-0.2, 0) is 0 Å². The van der Waals surface area contributed by atoms with Gasteiger partial charge in [-0.05, 0) is 47.3 Å². The van der Waals surface area contributed by atoms with Crippen molar-refractivity contribution in [3.05, 3.63) is 34.2 Å². The number of fused-ring (bicyclic) bond motifs is 3. The third-order valence-corrected chi connectivity index (χ3v) is 5.14. The number of hydrogen-bond acceptors (Lipinski definition) is 3. The van der Waals surface area contributed by atoms with E-state index in [0.29, 0.717) is 23.6 Å². The van der Waals surface area contributed by atoms with Crippen LogP contribution in [0.3, 0.4) is 0 Å². The lowest BCUT2D eigenvalue weighted by Crippen LogP contribution is -2.22. The Morgan fingerprint density at radius 3 is 3.00 bits per heavy atom. The number of pyridine rings is 1. The zero-order valence-electron chi connectivity index (χ0n) is 10.8. The monoisotopic (exact) mass is 334 g/mol. The highest BCUT2D eigenvalue weighted by molar-refractivity contribution is 9.10. The first-order valence-electron chi connectivity index (χ1n) is 6.87. The molecule has 2 aliphatic heterocycles. The van der Waals surface area contributed by atoms with Crippen molar-refractivity contribution in [3.8, 4) is 0 Å². The summed E-state index contributed by atoms with van der Waals surface area (Å²) in [7, 11) is 0. The Labute approximate surface area is 124 Å². The van der Waals surface area contributed by atoms with Gasteiger partial charge in [0, 0.05) is 29.8 Å². The summed E-state index contributed by atoms with van der Waals surface area (Å²) in [6.45, 7) is 0. The zero-order chi connectivity index (χ0) is 13.9. The van der Waals surface area contributed by atoms with Crippen molar-refractivity contribution in [2.45, 2.75) is 37.3 Å². The van der Waals surface area contributed by atoms with Crippen molar-refractivity contribution in [3.63, 3.8) is 0 Å². The van der Waals surface area contributed by atoms with Crippen LogP contribution in [0.4, 0.5) is 0 Å². The van der Waals surface area contributed by atoms with Gasteiger partial charge in [-0.15, -0.1) is 0 Å². The largest absolute Gasteiger partial charge is 0.366 e. The van der Waals surface area contributed by atoms with Crippen molar-refractivity contribution in [2.24, 2.45) is 5.73 Å². The quantitative estimate of drug-likeness (QED) is 0.879. The molecular weight excluding hydrogens is 320 g/mol. The van der Waals surface area contributed by atoms with Crippen LogP contribution in [0.2, 0.25) is 0 Å². The minimum atomic E-state index is -0.422. The molecule has 3 unspecified atom stereocenters. The Morgan fingerprint density at radius 1 is 1.50 bits per heavy atom. The Balaban J connectivity index is 1.83. The van der Waals surface area contributed by atoms with Crippen molar-refractivity contribution >= 4 is 27.5 Å². The summed E-state index contributed by atoms with van der Waals surface area (Å²) in [5.41, 5.74) is 7.79. The van der Waals surface area contributed by atoms with Crippen molar-refractivity contribution in [1.82, 2.24) is 14.7 Å². The summed E-state index contributed by atoms with van der Waals surface area (Å²) in [5.74, 6) is 0.0623. The van der Waals surface area contributed by atoms with Gasteiger partial charge in [0.15, 0.2) is 0 Å². The lowest BCUT2D eigenvalue weighted by atomic mass is 9.87. The Hall–Kier alpha value is -1.40. The average Bonchev–Trinajstić information content (AvgIpc) is 3.09. The molecule has 6 heteroatoms. The van der Waals surface area contributed by atoms with Crippen molar-refractivity contribution in [1.29, 1.82) is 0 Å². The fraction of sp³-hybridized carbons (Fsp3) is 0.429. The average molecular weight is 335 g/mol. The molecule has 104 valence electrons. The molecule has 2 fully saturated rings. The maximum Gasteiger partial charge on any atom is 0.248 e. The van der Waals surface area contributed by atoms with Crippen LogP contribution in [0.25, 0.3) is 5.65 Å². The van der Waals surface area contributed by atoms with Crippen molar-refractivity contribution < 1.29 is 4.79 Å². The molecule has 0 spiro atoms. The molecule has 0 saturated carbocycles. The summed E-state index contributed by atoms with van der Waals surface area (Å²) in [6.07, 6.45) is 5.57. The van der Waals surface area contributed by atoms with Crippen LogP contribution < -0.4 is 11.1 Å². The van der Waals surface area contributed by atoms with Crippen LogP contribution in [0.5, 0.6) is 0 Å². The summed E-state index contributed by atoms with van der Waals surface area (Å²) in [4.78, 5) is 15.8. The van der Waals surface area contributed by atoms with E-state index in [1.54, 1.807) is 12.1 Å². The van der Waals surface area contributed by atoms with E-state index in [2.05, 4.69) is 30.6 Å². The maximum atomic E-state index is 11.3. The number of primary amides is 1. The number of carbonyl (C=O) groups is 1. The molecule has 2 aromatic rings. The molecule has 3 N–H and O–H groups in total. The minimum absolute atomic E-state index is 0.422. The molecule has 2 bridgehead atoms. The lowest BCUT2D eigenvalue weighted by molar-refractivity contribution is 0.100. The molecule has 4 rings (SSSR count). The summed E-state index contributed by atoms with van der Waals surface area (Å²) in [6, 6.07) is 4.70. The van der Waals surface area contributed by atoms with Crippen LogP contribution in [0.1, 0.15) is 41.2 Å². The van der Waals surface area contributed by atoms with E-state index in [0.717, 1.165) is 16.7 Å². The first-order chi connectivity index (χ1) is 9.63. The molecule has 1 amide bonds. The summed E-state index contributed by atoms with van der Waals surface area (Å²) >= 11 is 3.58. The Kier molecular flexibility index (Phi) is 2.65. The van der Waals surface area contributed by atoms with Gasteiger partial charge in [-0.2, -0.15) is 0 Å². The maximum absolute atomic E-state index is 11.3. The van der Waals surface area contributed by atoms with Gasteiger partial charge in [-0.3, -0.25) is 4.79 Å². The van der Waals surface area contributed by atoms with E-state index in [-0.39, 0.29) is 0 Å². The number of hydrogen-bond donors (Lipinski definition) is 2. The highest BCUT2D eigenvalue weighted by Gasteiger charge is 2.42. The zero-order valence-corrected chi connectivity index (χ0v) is 12.4. The Morgan fingerprint density at radius 2 is 2.35 bits per heavy atom. The molecule has 2 aliphatic rings. The van der Waals surface area contributed by atoms with Gasteiger partial charge in [0.25, 0.3) is 0 Å². The summed E-state index contributed by atoms with van der Waals surface area (Å²) in [5, 5.41) is 3.65. The number of nitrogens with two attached hydrogens (primary N) is 1. The predicted octanol–water partition coefficient (Wildman–Crippen LogP) is 1.80. The van der Waals surface area contributed by atoms with Gasteiger partial charge in [0.05, 0.1) is 5.69 Å². The fourth-order valence-electron chi connectivity index (χ4n) is 3.65. The number of carbonyl (C=O) groups excluding carboxylic acids is 1. The fourth-order valence-corrected chi connectivity index (χ4v) is 4.31. The van der Waals surface area contributed by atoms with E-state index >= 15 is 0 Å². The van der Waals surface area contributed by atoms with E-state index in [4.69, 9.17) is 5.73 Å². The van der Waals surface area contributed by atoms with Crippen LogP contribution in [0, 0.1) is 0 Å². The molecule has 2 aromatic heterocycles. The van der Waals surface area contributed by atoms with Crippen LogP contribution in [0.15, 0.2) is 22.9 Å². The van der Waals surface area contributed by atoms with Gasteiger partial charge >= 0.3 is 0 Å². The lowest BCUT2D eigenvalue weighted by Gasteiger charge is -2.20. The highest BCUT2D eigenvalue weighted by atomic mass is 79.9. The molecule has 5 nitrogen and oxygen atoms in total. The van der Waals surface area contributed by atoms with Gasteiger partial charge in [0.2, 0.25) is 5.91 Å². The molecule has 0 radical (unpaired) electrons. The number of aromatic nitrogens is 2. The number of nitrogens with zero attached hydrogens (tertiary/aromatic N) is 2. The van der Waals surface area contributed by atoms with E-state index < -0.39 is 5.91 Å². The molecule has 0 aliphatic carbocycles.